The van der Waals surface area contributed by atoms with Gasteiger partial charge in [-0.2, -0.15) is 5.10 Å². The van der Waals surface area contributed by atoms with Crippen LogP contribution in [0.2, 0.25) is 0 Å². The summed E-state index contributed by atoms with van der Waals surface area (Å²) < 4.78 is 12.3. The quantitative estimate of drug-likeness (QED) is 0.167. The van der Waals surface area contributed by atoms with E-state index in [4.69, 9.17) is 9.47 Å². The van der Waals surface area contributed by atoms with Crippen LogP contribution in [0.5, 0.6) is 11.5 Å². The number of nitrogens with one attached hydrogen (secondary N) is 1. The number of nitrogens with zero attached hydrogens (tertiary/aromatic N) is 3. The molecule has 1 amide bonds. The number of carbonyl (C=O) groups excluding carboxylic acids is 1. The zero-order valence-electron chi connectivity index (χ0n) is 19.0. The van der Waals surface area contributed by atoms with Crippen LogP contribution in [0.4, 0.5) is 0 Å². The standard InChI is InChI=1S/C24H28N4O3S2/c1-4-17(2)20-8-10-21(11-9-20)30-12-13-31-22-7-5-6-19(14-22)15-25-27-23(29)16-32-24-28-26-18(3)33-24/h5-11,14-15,17H,4,12-13,16H2,1-3H3,(H,27,29)/b25-15-/t17-/m0/s1. The second-order valence-corrected chi connectivity index (χ2v) is 9.72. The van der Waals surface area contributed by atoms with Crippen LogP contribution in [0.1, 0.15) is 42.3 Å². The molecule has 0 saturated heterocycles. The van der Waals surface area contributed by atoms with E-state index >= 15 is 0 Å². The lowest BCUT2D eigenvalue weighted by molar-refractivity contribution is -0.118. The normalized spacial score (nSPS) is 12.0. The van der Waals surface area contributed by atoms with Crippen molar-refractivity contribution in [2.75, 3.05) is 19.0 Å². The van der Waals surface area contributed by atoms with Crippen molar-refractivity contribution >= 4 is 35.2 Å². The Morgan fingerprint density at radius 3 is 2.61 bits per heavy atom. The van der Waals surface area contributed by atoms with Gasteiger partial charge in [0, 0.05) is 0 Å². The zero-order chi connectivity index (χ0) is 23.5. The maximum Gasteiger partial charge on any atom is 0.250 e. The van der Waals surface area contributed by atoms with Crippen LogP contribution in [0, 0.1) is 6.92 Å². The third-order valence-electron chi connectivity index (χ3n) is 4.78. The van der Waals surface area contributed by atoms with Gasteiger partial charge in [-0.3, -0.25) is 4.79 Å². The number of amides is 1. The molecule has 0 aliphatic carbocycles. The Bertz CT molecular complexity index is 1050. The minimum Gasteiger partial charge on any atom is -0.490 e. The number of hydrogen-bond acceptors (Lipinski definition) is 8. The van der Waals surface area contributed by atoms with Gasteiger partial charge in [-0.25, -0.2) is 5.43 Å². The highest BCUT2D eigenvalue weighted by molar-refractivity contribution is 8.01. The van der Waals surface area contributed by atoms with Gasteiger partial charge >= 0.3 is 0 Å². The molecular formula is C24H28N4O3S2. The number of benzene rings is 2. The molecule has 7 nitrogen and oxygen atoms in total. The average Bonchev–Trinajstić information content (AvgIpc) is 3.26. The molecule has 174 valence electrons. The number of aromatic nitrogens is 2. The first kappa shape index (κ1) is 24.7. The molecule has 9 heteroatoms. The van der Waals surface area contributed by atoms with E-state index in [9.17, 15) is 4.79 Å². The van der Waals surface area contributed by atoms with Crippen molar-refractivity contribution in [2.45, 2.75) is 37.4 Å². The summed E-state index contributed by atoms with van der Waals surface area (Å²) in [7, 11) is 0. The van der Waals surface area contributed by atoms with Crippen molar-refractivity contribution in [3.63, 3.8) is 0 Å². The van der Waals surface area contributed by atoms with Gasteiger partial charge in [-0.05, 0) is 54.7 Å². The topological polar surface area (TPSA) is 85.7 Å². The predicted octanol–water partition coefficient (Wildman–Crippen LogP) is 5.06. The molecule has 1 atom stereocenters. The SMILES string of the molecule is CC[C@H](C)c1ccc(OCCOc2cccc(/C=N\NC(=O)CSc3nnc(C)s3)c2)cc1. The van der Waals surface area contributed by atoms with Gasteiger partial charge in [0.1, 0.15) is 29.7 Å². The average molecular weight is 485 g/mol. The van der Waals surface area contributed by atoms with E-state index in [1.165, 1.54) is 28.7 Å². The smallest absolute Gasteiger partial charge is 0.250 e. The molecule has 0 spiro atoms. The monoisotopic (exact) mass is 484 g/mol. The van der Waals surface area contributed by atoms with E-state index in [1.54, 1.807) is 6.21 Å². The van der Waals surface area contributed by atoms with Crippen molar-refractivity contribution in [3.05, 3.63) is 64.7 Å². The molecule has 33 heavy (non-hydrogen) atoms. The highest BCUT2D eigenvalue weighted by Gasteiger charge is 2.06. The molecule has 0 radical (unpaired) electrons. The Kier molecular flexibility index (Phi) is 9.71. The summed E-state index contributed by atoms with van der Waals surface area (Å²) >= 11 is 2.80. The lowest BCUT2D eigenvalue weighted by Gasteiger charge is -2.11. The van der Waals surface area contributed by atoms with Gasteiger partial charge in [-0.1, -0.05) is 61.2 Å². The summed E-state index contributed by atoms with van der Waals surface area (Å²) in [5.41, 5.74) is 4.66. The van der Waals surface area contributed by atoms with Gasteiger partial charge < -0.3 is 9.47 Å². The summed E-state index contributed by atoms with van der Waals surface area (Å²) in [4.78, 5) is 11.9. The van der Waals surface area contributed by atoms with Crippen LogP contribution >= 0.6 is 23.1 Å². The van der Waals surface area contributed by atoms with Crippen LogP contribution in [-0.2, 0) is 4.79 Å². The van der Waals surface area contributed by atoms with Crippen LogP contribution in [0.3, 0.4) is 0 Å². The first-order chi connectivity index (χ1) is 16.0. The molecule has 0 aliphatic heterocycles. The van der Waals surface area contributed by atoms with Crippen LogP contribution in [0.15, 0.2) is 58.0 Å². The Balaban J connectivity index is 1.37. The molecule has 0 aliphatic rings. The highest BCUT2D eigenvalue weighted by Crippen LogP contribution is 2.22. The number of aryl methyl sites for hydroxylation is 1. The minimum absolute atomic E-state index is 0.203. The number of thioether (sulfide) groups is 1. The van der Waals surface area contributed by atoms with Gasteiger partial charge in [-0.15, -0.1) is 10.2 Å². The maximum absolute atomic E-state index is 11.9. The van der Waals surface area contributed by atoms with E-state index in [2.05, 4.69) is 46.7 Å². The molecule has 0 unspecified atom stereocenters. The lowest BCUT2D eigenvalue weighted by atomic mass is 9.99. The first-order valence-electron chi connectivity index (χ1n) is 10.7. The summed E-state index contributed by atoms with van der Waals surface area (Å²) in [5, 5.41) is 12.8. The largest absolute Gasteiger partial charge is 0.490 e. The van der Waals surface area contributed by atoms with Crippen molar-refractivity contribution in [1.82, 2.24) is 15.6 Å². The van der Waals surface area contributed by atoms with E-state index in [0.717, 1.165) is 27.1 Å². The fourth-order valence-corrected chi connectivity index (χ4v) is 4.42. The number of carbonyl (C=O) groups is 1. The highest BCUT2D eigenvalue weighted by atomic mass is 32.2. The third kappa shape index (κ3) is 8.51. The molecule has 0 saturated carbocycles. The molecule has 0 fully saturated rings. The Morgan fingerprint density at radius 1 is 1.15 bits per heavy atom. The van der Waals surface area contributed by atoms with E-state index in [0.29, 0.717) is 24.9 Å². The molecular weight excluding hydrogens is 456 g/mol. The third-order valence-corrected chi connectivity index (χ3v) is 6.75. The minimum atomic E-state index is -0.203. The number of ether oxygens (including phenoxy) is 2. The molecule has 1 N–H and O–H groups in total. The fourth-order valence-electron chi connectivity index (χ4n) is 2.81. The summed E-state index contributed by atoms with van der Waals surface area (Å²) in [6.07, 6.45) is 2.70. The first-order valence-corrected chi connectivity index (χ1v) is 12.5. The molecule has 1 heterocycles. The van der Waals surface area contributed by atoms with Crippen molar-refractivity contribution < 1.29 is 14.3 Å². The lowest BCUT2D eigenvalue weighted by Crippen LogP contribution is -2.19. The molecule has 2 aromatic carbocycles. The molecule has 0 bridgehead atoms. The number of hydrogen-bond donors (Lipinski definition) is 1. The summed E-state index contributed by atoms with van der Waals surface area (Å²) in [6, 6.07) is 15.7. The van der Waals surface area contributed by atoms with Gasteiger partial charge in [0.05, 0.1) is 12.0 Å². The van der Waals surface area contributed by atoms with Gasteiger partial charge in [0.2, 0.25) is 0 Å². The van der Waals surface area contributed by atoms with Crippen LogP contribution in [0.25, 0.3) is 0 Å². The molecule has 3 rings (SSSR count). The second-order valence-electron chi connectivity index (χ2n) is 7.32. The van der Waals surface area contributed by atoms with Crippen molar-refractivity contribution in [3.8, 4) is 11.5 Å². The zero-order valence-corrected chi connectivity index (χ0v) is 20.6. The van der Waals surface area contributed by atoms with E-state index in [1.807, 2.05) is 43.3 Å². The summed E-state index contributed by atoms with van der Waals surface area (Å²) in [6.45, 7) is 7.16. The van der Waals surface area contributed by atoms with Crippen molar-refractivity contribution in [2.24, 2.45) is 5.10 Å². The van der Waals surface area contributed by atoms with Crippen LogP contribution < -0.4 is 14.9 Å². The van der Waals surface area contributed by atoms with Gasteiger partial charge in [0.15, 0.2) is 4.34 Å². The molecule has 1 aromatic heterocycles. The van der Waals surface area contributed by atoms with E-state index in [-0.39, 0.29) is 11.7 Å². The predicted molar refractivity (Wildman–Crippen MR) is 134 cm³/mol. The van der Waals surface area contributed by atoms with Crippen LogP contribution in [-0.4, -0.2) is 41.3 Å². The number of hydrazone groups is 1. The number of rotatable bonds is 12. The Labute approximate surface area is 202 Å². The maximum atomic E-state index is 11.9. The second kappa shape index (κ2) is 13.0. The Morgan fingerprint density at radius 2 is 1.91 bits per heavy atom. The van der Waals surface area contributed by atoms with Gasteiger partial charge in [0.25, 0.3) is 5.91 Å². The molecule has 3 aromatic rings. The fraction of sp³-hybridized carbons (Fsp3) is 0.333. The summed E-state index contributed by atoms with van der Waals surface area (Å²) in [5.74, 6) is 2.13. The van der Waals surface area contributed by atoms with Crippen molar-refractivity contribution in [1.29, 1.82) is 0 Å². The van der Waals surface area contributed by atoms with E-state index < -0.39 is 0 Å². The Hall–Kier alpha value is -2.91.